The lowest BCUT2D eigenvalue weighted by molar-refractivity contribution is 0.381. The van der Waals surface area contributed by atoms with Crippen LogP contribution in [0.2, 0.25) is 0 Å². The third kappa shape index (κ3) is 0.403. The summed E-state index contributed by atoms with van der Waals surface area (Å²) in [6.07, 6.45) is 1.77. The van der Waals surface area contributed by atoms with Crippen molar-refractivity contribution in [3.63, 3.8) is 0 Å². The predicted octanol–water partition coefficient (Wildman–Crippen LogP) is 0.905. The van der Waals surface area contributed by atoms with E-state index in [1.807, 2.05) is 0 Å². The standard InChI is InChI=1S/C4H4N2OS/c1-3-4(8-6-1)7-2-5-3/h1,5H,2H2. The van der Waals surface area contributed by atoms with Crippen LogP contribution < -0.4 is 10.1 Å². The Hall–Kier alpha value is -0.770. The lowest BCUT2D eigenvalue weighted by Crippen LogP contribution is -1.96. The minimum Gasteiger partial charge on any atom is -0.460 e. The Morgan fingerprint density at radius 2 is 2.88 bits per heavy atom. The summed E-state index contributed by atoms with van der Waals surface area (Å²) in [5.74, 6) is 0. The van der Waals surface area contributed by atoms with E-state index in [0.717, 1.165) is 10.8 Å². The van der Waals surface area contributed by atoms with E-state index in [1.54, 1.807) is 6.20 Å². The molecule has 2 heterocycles. The van der Waals surface area contributed by atoms with Gasteiger partial charge >= 0.3 is 0 Å². The van der Waals surface area contributed by atoms with Crippen molar-refractivity contribution >= 4 is 17.2 Å². The van der Waals surface area contributed by atoms with Crippen molar-refractivity contribution in [2.45, 2.75) is 0 Å². The maximum atomic E-state index is 5.08. The monoisotopic (exact) mass is 128 g/mol. The highest BCUT2D eigenvalue weighted by molar-refractivity contribution is 7.08. The molecule has 8 heavy (non-hydrogen) atoms. The molecule has 0 radical (unpaired) electrons. The lowest BCUT2D eigenvalue weighted by Gasteiger charge is -1.85. The van der Waals surface area contributed by atoms with Gasteiger partial charge in [-0.3, -0.25) is 0 Å². The zero-order valence-corrected chi connectivity index (χ0v) is 4.86. The summed E-state index contributed by atoms with van der Waals surface area (Å²) >= 11 is 1.38. The first kappa shape index (κ1) is 4.14. The van der Waals surface area contributed by atoms with Crippen molar-refractivity contribution in [2.24, 2.45) is 0 Å². The van der Waals surface area contributed by atoms with Crippen molar-refractivity contribution in [1.29, 1.82) is 0 Å². The van der Waals surface area contributed by atoms with Crippen molar-refractivity contribution in [2.75, 3.05) is 12.0 Å². The molecule has 0 spiro atoms. The van der Waals surface area contributed by atoms with Crippen LogP contribution in [0.5, 0.6) is 5.06 Å². The minimum absolute atomic E-state index is 0.601. The van der Waals surface area contributed by atoms with Crippen LogP contribution in [0.25, 0.3) is 0 Å². The third-order valence-electron chi connectivity index (χ3n) is 1.00. The minimum atomic E-state index is 0.601. The van der Waals surface area contributed by atoms with Gasteiger partial charge < -0.3 is 10.1 Å². The largest absolute Gasteiger partial charge is 0.460 e. The van der Waals surface area contributed by atoms with Gasteiger partial charge in [0.05, 0.1) is 6.20 Å². The van der Waals surface area contributed by atoms with E-state index in [-0.39, 0.29) is 0 Å². The Morgan fingerprint density at radius 3 is 3.75 bits per heavy atom. The molecule has 1 aliphatic rings. The maximum absolute atomic E-state index is 5.08. The molecule has 1 aliphatic heterocycles. The van der Waals surface area contributed by atoms with Gasteiger partial charge in [-0.2, -0.15) is 4.37 Å². The summed E-state index contributed by atoms with van der Waals surface area (Å²) < 4.78 is 8.98. The summed E-state index contributed by atoms with van der Waals surface area (Å²) in [5.41, 5.74) is 1.02. The third-order valence-corrected chi connectivity index (χ3v) is 1.72. The molecule has 4 heteroatoms. The molecule has 0 aliphatic carbocycles. The average Bonchev–Trinajstić information content (AvgIpc) is 2.15. The van der Waals surface area contributed by atoms with Crippen LogP contribution in [-0.2, 0) is 0 Å². The second-order valence-corrected chi connectivity index (χ2v) is 2.26. The smallest absolute Gasteiger partial charge is 0.218 e. The fourth-order valence-electron chi connectivity index (χ4n) is 0.630. The van der Waals surface area contributed by atoms with Gasteiger partial charge in [-0.25, -0.2) is 0 Å². The second-order valence-electron chi connectivity index (χ2n) is 1.49. The van der Waals surface area contributed by atoms with Crippen LogP contribution in [0.3, 0.4) is 0 Å². The number of nitrogens with zero attached hydrogens (tertiary/aromatic N) is 1. The Kier molecular flexibility index (Phi) is 0.700. The number of hydrogen-bond acceptors (Lipinski definition) is 4. The summed E-state index contributed by atoms with van der Waals surface area (Å²) in [5, 5.41) is 3.91. The number of fused-ring (bicyclic) bond motifs is 1. The Bertz CT molecular complexity index is 179. The molecule has 0 saturated carbocycles. The van der Waals surface area contributed by atoms with E-state index in [0.29, 0.717) is 6.73 Å². The summed E-state index contributed by atoms with van der Waals surface area (Å²) in [7, 11) is 0. The quantitative estimate of drug-likeness (QED) is 0.563. The lowest BCUT2D eigenvalue weighted by atomic mass is 10.6. The maximum Gasteiger partial charge on any atom is 0.218 e. The highest BCUT2D eigenvalue weighted by Crippen LogP contribution is 2.31. The van der Waals surface area contributed by atoms with Gasteiger partial charge in [0.15, 0.2) is 6.73 Å². The number of hydrogen-bond donors (Lipinski definition) is 1. The first-order chi connectivity index (χ1) is 3.97. The van der Waals surface area contributed by atoms with Crippen LogP contribution >= 0.6 is 11.5 Å². The molecule has 1 aromatic rings. The van der Waals surface area contributed by atoms with Crippen LogP contribution in [-0.4, -0.2) is 11.1 Å². The number of rotatable bonds is 0. The van der Waals surface area contributed by atoms with Gasteiger partial charge in [-0.1, -0.05) is 0 Å². The summed E-state index contributed by atoms with van der Waals surface area (Å²) in [6.45, 7) is 0.601. The molecule has 1 aromatic heterocycles. The van der Waals surface area contributed by atoms with Gasteiger partial charge in [0.2, 0.25) is 5.06 Å². The molecular weight excluding hydrogens is 124 g/mol. The van der Waals surface area contributed by atoms with E-state index in [9.17, 15) is 0 Å². The van der Waals surface area contributed by atoms with Crippen LogP contribution in [0, 0.1) is 0 Å². The molecule has 0 bridgehead atoms. The van der Waals surface area contributed by atoms with Crippen molar-refractivity contribution in [3.8, 4) is 5.06 Å². The second kappa shape index (κ2) is 1.35. The van der Waals surface area contributed by atoms with Crippen molar-refractivity contribution in [1.82, 2.24) is 4.37 Å². The van der Waals surface area contributed by atoms with Crippen LogP contribution in [0.1, 0.15) is 0 Å². The zero-order valence-electron chi connectivity index (χ0n) is 4.05. The SMILES string of the molecule is c1nsc2c1NCO2. The molecule has 1 N–H and O–H groups in total. The summed E-state index contributed by atoms with van der Waals surface area (Å²) in [4.78, 5) is 0. The number of ether oxygens (including phenoxy) is 1. The van der Waals surface area contributed by atoms with Gasteiger partial charge in [0, 0.05) is 11.5 Å². The van der Waals surface area contributed by atoms with Gasteiger partial charge in [0.25, 0.3) is 0 Å². The molecule has 0 amide bonds. The fraction of sp³-hybridized carbons (Fsp3) is 0.250. The molecule has 0 saturated heterocycles. The molecule has 3 nitrogen and oxygen atoms in total. The molecule has 0 fully saturated rings. The van der Waals surface area contributed by atoms with E-state index < -0.39 is 0 Å². The van der Waals surface area contributed by atoms with Gasteiger partial charge in [-0.15, -0.1) is 0 Å². The van der Waals surface area contributed by atoms with Crippen molar-refractivity contribution < 1.29 is 4.74 Å². The number of nitrogens with one attached hydrogen (secondary N) is 1. The first-order valence-electron chi connectivity index (χ1n) is 2.28. The first-order valence-corrected chi connectivity index (χ1v) is 3.05. The Balaban J connectivity index is 2.54. The molecular formula is C4H4N2OS. The molecule has 2 rings (SSSR count). The summed E-state index contributed by atoms with van der Waals surface area (Å²) in [6, 6.07) is 0. The van der Waals surface area contributed by atoms with Gasteiger partial charge in [0.1, 0.15) is 5.69 Å². The highest BCUT2D eigenvalue weighted by atomic mass is 32.1. The predicted molar refractivity (Wildman–Crippen MR) is 31.2 cm³/mol. The number of anilines is 1. The molecule has 0 unspecified atom stereocenters. The molecule has 0 atom stereocenters. The molecule has 42 valence electrons. The van der Waals surface area contributed by atoms with Crippen molar-refractivity contribution in [3.05, 3.63) is 6.20 Å². The highest BCUT2D eigenvalue weighted by Gasteiger charge is 2.11. The van der Waals surface area contributed by atoms with Crippen LogP contribution in [0.4, 0.5) is 5.69 Å². The number of aromatic nitrogens is 1. The zero-order chi connectivity index (χ0) is 5.40. The van der Waals surface area contributed by atoms with E-state index in [4.69, 9.17) is 4.74 Å². The van der Waals surface area contributed by atoms with E-state index >= 15 is 0 Å². The van der Waals surface area contributed by atoms with Gasteiger partial charge in [-0.05, 0) is 0 Å². The normalized spacial score (nSPS) is 14.5. The van der Waals surface area contributed by atoms with Crippen LogP contribution in [0.15, 0.2) is 6.20 Å². The fourth-order valence-corrected chi connectivity index (χ4v) is 1.22. The Morgan fingerprint density at radius 1 is 1.88 bits per heavy atom. The average molecular weight is 128 g/mol. The molecule has 0 aromatic carbocycles. The van der Waals surface area contributed by atoms with E-state index in [1.165, 1.54) is 11.5 Å². The topological polar surface area (TPSA) is 34.2 Å². The Labute approximate surface area is 50.5 Å². The van der Waals surface area contributed by atoms with E-state index in [2.05, 4.69) is 9.69 Å².